The summed E-state index contributed by atoms with van der Waals surface area (Å²) < 4.78 is 0. The van der Waals surface area contributed by atoms with E-state index < -0.39 is 0 Å². The fraction of sp³-hybridized carbons (Fsp3) is 0.389. The summed E-state index contributed by atoms with van der Waals surface area (Å²) in [6.45, 7) is 2.14. The van der Waals surface area contributed by atoms with E-state index in [4.69, 9.17) is 23.2 Å². The van der Waals surface area contributed by atoms with E-state index in [0.717, 1.165) is 25.7 Å². The molecule has 0 aliphatic heterocycles. The lowest BCUT2D eigenvalue weighted by Gasteiger charge is -2.16. The maximum Gasteiger partial charge on any atom is 0.213 e. The summed E-state index contributed by atoms with van der Waals surface area (Å²) in [5, 5.41) is 6.03. The average molecular weight is 399 g/mol. The van der Waals surface area contributed by atoms with Gasteiger partial charge in [-0.25, -0.2) is 4.98 Å². The second-order valence-corrected chi connectivity index (χ2v) is 7.67. The molecule has 1 aromatic heterocycles. The summed E-state index contributed by atoms with van der Waals surface area (Å²) in [7, 11) is 0. The number of rotatable bonds is 5. The van der Waals surface area contributed by atoms with Crippen molar-refractivity contribution < 1.29 is 9.59 Å². The van der Waals surface area contributed by atoms with Gasteiger partial charge in [0.05, 0.1) is 10.0 Å². The molecule has 2 aromatic rings. The second kappa shape index (κ2) is 9.90. The van der Waals surface area contributed by atoms with Crippen LogP contribution in [0.15, 0.2) is 29.8 Å². The highest BCUT2D eigenvalue weighted by atomic mass is 35.5. The first kappa shape index (κ1) is 19.9. The third-order valence-corrected chi connectivity index (χ3v) is 5.64. The Bertz CT molecular complexity index is 707. The first-order chi connectivity index (χ1) is 12.0. The molecule has 2 unspecified atom stereocenters. The van der Waals surface area contributed by atoms with Gasteiger partial charge in [0.25, 0.3) is 0 Å². The van der Waals surface area contributed by atoms with Crippen molar-refractivity contribution in [3.8, 4) is 0 Å². The number of nitrogens with zero attached hydrogens (tertiary/aromatic N) is 1. The normalized spacial score (nSPS) is 17.6. The Morgan fingerprint density at radius 3 is 2.76 bits per heavy atom. The number of carbonyl (C=O) groups is 2. The number of anilines is 1. The molecule has 1 aromatic carbocycles. The summed E-state index contributed by atoms with van der Waals surface area (Å²) >= 11 is 13.3. The SMILES string of the molecule is CC(CC1CCCC1=O)c1ccc(Cl)c(Cl)c1.O=CNc1nccs1. The largest absolute Gasteiger partial charge is 0.305 e. The molecule has 1 amide bonds. The van der Waals surface area contributed by atoms with Gasteiger partial charge in [-0.05, 0) is 42.9 Å². The van der Waals surface area contributed by atoms with E-state index in [-0.39, 0.29) is 5.92 Å². The van der Waals surface area contributed by atoms with Gasteiger partial charge >= 0.3 is 0 Å². The molecule has 2 atom stereocenters. The average Bonchev–Trinajstić information content (AvgIpc) is 3.23. The van der Waals surface area contributed by atoms with Crippen molar-refractivity contribution in [1.29, 1.82) is 0 Å². The van der Waals surface area contributed by atoms with Gasteiger partial charge in [-0.3, -0.25) is 9.59 Å². The van der Waals surface area contributed by atoms with Crippen molar-refractivity contribution in [2.45, 2.75) is 38.5 Å². The van der Waals surface area contributed by atoms with Crippen LogP contribution in [0, 0.1) is 5.92 Å². The molecule has 1 heterocycles. The molecule has 1 saturated carbocycles. The number of halogens is 2. The maximum absolute atomic E-state index is 11.6. The summed E-state index contributed by atoms with van der Waals surface area (Å²) in [6, 6.07) is 5.73. The van der Waals surface area contributed by atoms with Gasteiger partial charge in [-0.1, -0.05) is 36.2 Å². The molecule has 3 rings (SSSR count). The second-order valence-electron chi connectivity index (χ2n) is 5.97. The van der Waals surface area contributed by atoms with Gasteiger partial charge in [-0.15, -0.1) is 11.3 Å². The monoisotopic (exact) mass is 398 g/mol. The van der Waals surface area contributed by atoms with E-state index in [0.29, 0.717) is 33.3 Å². The van der Waals surface area contributed by atoms with Crippen LogP contribution < -0.4 is 5.32 Å². The molecule has 134 valence electrons. The van der Waals surface area contributed by atoms with Gasteiger partial charge in [0.2, 0.25) is 6.41 Å². The quantitative estimate of drug-likeness (QED) is 0.669. The van der Waals surface area contributed by atoms with Gasteiger partial charge < -0.3 is 5.32 Å². The zero-order valence-corrected chi connectivity index (χ0v) is 16.2. The molecule has 7 heteroatoms. The summed E-state index contributed by atoms with van der Waals surface area (Å²) in [5.74, 6) is 1.04. The molecule has 0 radical (unpaired) electrons. The van der Waals surface area contributed by atoms with Crippen molar-refractivity contribution in [3.63, 3.8) is 0 Å². The molecule has 1 N–H and O–H groups in total. The van der Waals surface area contributed by atoms with Gasteiger partial charge in [0.1, 0.15) is 5.78 Å². The number of ketones is 1. The number of hydrogen-bond donors (Lipinski definition) is 1. The molecule has 1 fully saturated rings. The fourth-order valence-electron chi connectivity index (χ4n) is 2.86. The highest BCUT2D eigenvalue weighted by molar-refractivity contribution is 7.13. The van der Waals surface area contributed by atoms with Crippen LogP contribution >= 0.6 is 34.5 Å². The fourth-order valence-corrected chi connectivity index (χ4v) is 3.66. The van der Waals surface area contributed by atoms with E-state index >= 15 is 0 Å². The number of amides is 1. The van der Waals surface area contributed by atoms with Crippen molar-refractivity contribution in [1.82, 2.24) is 4.98 Å². The molecular weight excluding hydrogens is 379 g/mol. The van der Waals surface area contributed by atoms with E-state index in [1.54, 1.807) is 11.6 Å². The van der Waals surface area contributed by atoms with Crippen LogP contribution in [0.2, 0.25) is 10.0 Å². The van der Waals surface area contributed by atoms with E-state index in [1.165, 1.54) is 16.9 Å². The van der Waals surface area contributed by atoms with Crippen LogP contribution in [0.3, 0.4) is 0 Å². The van der Waals surface area contributed by atoms with Crippen LogP contribution in [0.1, 0.15) is 44.1 Å². The minimum atomic E-state index is 0.249. The van der Waals surface area contributed by atoms with Crippen LogP contribution in [0.4, 0.5) is 5.13 Å². The Kier molecular flexibility index (Phi) is 7.88. The molecule has 4 nitrogen and oxygen atoms in total. The maximum atomic E-state index is 11.6. The minimum absolute atomic E-state index is 0.249. The third-order valence-electron chi connectivity index (χ3n) is 4.20. The number of carbonyl (C=O) groups excluding carboxylic acids is 2. The van der Waals surface area contributed by atoms with E-state index in [2.05, 4.69) is 17.2 Å². The third kappa shape index (κ3) is 6.10. The Morgan fingerprint density at radius 2 is 2.20 bits per heavy atom. The number of aromatic nitrogens is 1. The standard InChI is InChI=1S/C14H16Cl2O.C4H4N2OS/c1-9(7-11-3-2-4-14(11)17)10-5-6-12(15)13(16)8-10;7-3-6-4-5-1-2-8-4/h5-6,8-9,11H,2-4,7H2,1H3;1-3H,(H,5,6,7). The lowest BCUT2D eigenvalue weighted by atomic mass is 9.89. The van der Waals surface area contributed by atoms with Gasteiger partial charge in [0, 0.05) is 23.9 Å². The lowest BCUT2D eigenvalue weighted by molar-refractivity contribution is -0.120. The predicted molar refractivity (Wildman–Crippen MR) is 104 cm³/mol. The van der Waals surface area contributed by atoms with Crippen LogP contribution in [-0.2, 0) is 9.59 Å². The first-order valence-corrected chi connectivity index (χ1v) is 9.72. The molecule has 1 aliphatic carbocycles. The first-order valence-electron chi connectivity index (χ1n) is 8.08. The minimum Gasteiger partial charge on any atom is -0.305 e. The highest BCUT2D eigenvalue weighted by Gasteiger charge is 2.26. The zero-order valence-electron chi connectivity index (χ0n) is 13.9. The van der Waals surface area contributed by atoms with Gasteiger partial charge in [0.15, 0.2) is 5.13 Å². The molecule has 0 bridgehead atoms. The number of hydrogen-bond acceptors (Lipinski definition) is 4. The Morgan fingerprint density at radius 1 is 1.40 bits per heavy atom. The predicted octanol–water partition coefficient (Wildman–Crippen LogP) is 5.57. The number of Topliss-reactive ketones (excluding diaryl/α,β-unsaturated/α-hetero) is 1. The number of thiazole rings is 1. The smallest absolute Gasteiger partial charge is 0.213 e. The lowest BCUT2D eigenvalue weighted by Crippen LogP contribution is -2.10. The zero-order chi connectivity index (χ0) is 18.2. The Balaban J connectivity index is 0.000000236. The molecule has 0 saturated heterocycles. The molecular formula is C18H20Cl2N2O2S. The van der Waals surface area contributed by atoms with Crippen LogP contribution in [-0.4, -0.2) is 17.2 Å². The van der Waals surface area contributed by atoms with Crippen molar-refractivity contribution in [3.05, 3.63) is 45.4 Å². The summed E-state index contributed by atoms with van der Waals surface area (Å²) in [4.78, 5) is 25.1. The topological polar surface area (TPSA) is 59.1 Å². The van der Waals surface area contributed by atoms with E-state index in [9.17, 15) is 9.59 Å². The summed E-state index contributed by atoms with van der Waals surface area (Å²) in [6.07, 6.45) is 6.03. The summed E-state index contributed by atoms with van der Waals surface area (Å²) in [5.41, 5.74) is 1.17. The van der Waals surface area contributed by atoms with Crippen LogP contribution in [0.25, 0.3) is 0 Å². The van der Waals surface area contributed by atoms with Crippen molar-refractivity contribution in [2.75, 3.05) is 5.32 Å². The van der Waals surface area contributed by atoms with Crippen molar-refractivity contribution >= 4 is 51.9 Å². The number of benzene rings is 1. The van der Waals surface area contributed by atoms with Crippen molar-refractivity contribution in [2.24, 2.45) is 5.92 Å². The Labute approximate surface area is 161 Å². The van der Waals surface area contributed by atoms with E-state index in [1.807, 2.05) is 18.2 Å². The van der Waals surface area contributed by atoms with Gasteiger partial charge in [-0.2, -0.15) is 0 Å². The Hall–Kier alpha value is -1.43. The highest BCUT2D eigenvalue weighted by Crippen LogP contribution is 2.33. The molecule has 0 spiro atoms. The number of nitrogens with one attached hydrogen (secondary N) is 1. The van der Waals surface area contributed by atoms with Crippen LogP contribution in [0.5, 0.6) is 0 Å². The molecule has 25 heavy (non-hydrogen) atoms. The molecule has 1 aliphatic rings.